The number of rotatable bonds is 13. The van der Waals surface area contributed by atoms with Gasteiger partial charge in [0.25, 0.3) is 5.91 Å². The van der Waals surface area contributed by atoms with Crippen molar-refractivity contribution in [1.82, 2.24) is 10.2 Å². The van der Waals surface area contributed by atoms with Crippen LogP contribution < -0.4 is 5.32 Å². The summed E-state index contributed by atoms with van der Waals surface area (Å²) in [7, 11) is 4.07. The zero-order valence-corrected chi connectivity index (χ0v) is 18.3. The third kappa shape index (κ3) is 33.4. The summed E-state index contributed by atoms with van der Waals surface area (Å²) in [4.78, 5) is 12.3. The van der Waals surface area contributed by atoms with Crippen LogP contribution in [0.15, 0.2) is 0 Å². The maximum absolute atomic E-state index is 12.0. The van der Waals surface area contributed by atoms with Gasteiger partial charge in [-0.25, -0.2) is 8.78 Å². The zero-order chi connectivity index (χ0) is 26.4. The molecule has 0 fully saturated rings. The van der Waals surface area contributed by atoms with Crippen molar-refractivity contribution >= 4 is 5.91 Å². The first kappa shape index (κ1) is 41.0. The van der Waals surface area contributed by atoms with Crippen LogP contribution in [0.1, 0.15) is 0 Å². The molecule has 0 saturated carbocycles. The lowest BCUT2D eigenvalue weighted by Crippen LogP contribution is -2.37. The second-order valence-electron chi connectivity index (χ2n) is 4.97. The van der Waals surface area contributed by atoms with Gasteiger partial charge in [-0.05, 0) is 0 Å². The molecule has 0 rings (SSSR count). The molecule has 200 valence electrons. The monoisotopic (exact) mass is 498 g/mol. The van der Waals surface area contributed by atoms with Crippen LogP contribution in [0.4, 0.5) is 26.7 Å². The Kier molecular flexibility index (Phi) is 44.0. The maximum Gasteiger partial charge on any atom is 0.325 e. The molecule has 0 aliphatic carbocycles. The SMILES string of the molecule is CO.COCCN(CCOC)C(=O)CF.FF.OC(O)C(F)(F)CF.OCCNCCO. The molecular formula is C16H36F6N2O8. The molecule has 0 saturated heterocycles. The predicted molar refractivity (Wildman–Crippen MR) is 103 cm³/mol. The van der Waals surface area contributed by atoms with Crippen molar-refractivity contribution in [2.45, 2.75) is 12.2 Å². The summed E-state index contributed by atoms with van der Waals surface area (Å²) in [5.41, 5.74) is 0. The summed E-state index contributed by atoms with van der Waals surface area (Å²) in [6.07, 6.45) is -2.90. The first-order chi connectivity index (χ1) is 15.2. The first-order valence-corrected chi connectivity index (χ1v) is 8.81. The molecule has 0 aromatic heterocycles. The van der Waals surface area contributed by atoms with Crippen LogP contribution in [0, 0.1) is 0 Å². The van der Waals surface area contributed by atoms with Crippen molar-refractivity contribution in [3.63, 3.8) is 0 Å². The van der Waals surface area contributed by atoms with Gasteiger partial charge in [-0.2, -0.15) is 8.78 Å². The molecular weight excluding hydrogens is 462 g/mol. The lowest BCUT2D eigenvalue weighted by molar-refractivity contribution is -0.214. The van der Waals surface area contributed by atoms with E-state index in [-0.39, 0.29) is 13.2 Å². The summed E-state index contributed by atoms with van der Waals surface area (Å²) >= 11 is 0. The quantitative estimate of drug-likeness (QED) is 0.107. The van der Waals surface area contributed by atoms with Gasteiger partial charge >= 0.3 is 5.92 Å². The number of halogens is 6. The van der Waals surface area contributed by atoms with Crippen molar-refractivity contribution in [2.75, 3.05) is 87.3 Å². The molecule has 0 spiro atoms. The molecule has 0 aliphatic rings. The summed E-state index contributed by atoms with van der Waals surface area (Å²) in [5.74, 6) is -4.53. The van der Waals surface area contributed by atoms with E-state index in [1.807, 2.05) is 0 Å². The lowest BCUT2D eigenvalue weighted by atomic mass is 10.4. The second-order valence-corrected chi connectivity index (χ2v) is 4.97. The highest BCUT2D eigenvalue weighted by atomic mass is 20.0. The average Bonchev–Trinajstić information content (AvgIpc) is 2.82. The number of nitrogens with one attached hydrogen (secondary N) is 1. The van der Waals surface area contributed by atoms with Gasteiger partial charge in [0.15, 0.2) is 13.3 Å². The number of carbonyl (C=O) groups is 1. The molecule has 0 unspecified atom stereocenters. The van der Waals surface area contributed by atoms with Gasteiger partial charge in [0.05, 0.1) is 26.4 Å². The molecule has 0 atom stereocenters. The summed E-state index contributed by atoms with van der Waals surface area (Å²) < 4.78 is 71.4. The van der Waals surface area contributed by atoms with Crippen LogP contribution in [0.2, 0.25) is 0 Å². The number of hydrogen-bond donors (Lipinski definition) is 6. The molecule has 6 N–H and O–H groups in total. The molecule has 0 aromatic carbocycles. The summed E-state index contributed by atoms with van der Waals surface area (Å²) in [6, 6.07) is 0. The first-order valence-electron chi connectivity index (χ1n) is 8.81. The lowest BCUT2D eigenvalue weighted by Gasteiger charge is -2.20. The maximum atomic E-state index is 12.0. The van der Waals surface area contributed by atoms with E-state index in [1.54, 1.807) is 0 Å². The van der Waals surface area contributed by atoms with Crippen LogP contribution in [0.3, 0.4) is 0 Å². The topological polar surface area (TPSA) is 152 Å². The van der Waals surface area contributed by atoms with E-state index >= 15 is 0 Å². The van der Waals surface area contributed by atoms with Crippen molar-refractivity contribution in [3.8, 4) is 0 Å². The van der Waals surface area contributed by atoms with E-state index in [1.165, 1.54) is 19.1 Å². The zero-order valence-electron chi connectivity index (χ0n) is 18.3. The van der Waals surface area contributed by atoms with E-state index < -0.39 is 31.5 Å². The third-order valence-electron chi connectivity index (χ3n) is 2.73. The van der Waals surface area contributed by atoms with Crippen LogP contribution in [0.5, 0.6) is 0 Å². The van der Waals surface area contributed by atoms with Crippen LogP contribution >= 0.6 is 0 Å². The van der Waals surface area contributed by atoms with Crippen LogP contribution in [0.25, 0.3) is 0 Å². The fraction of sp³-hybridized carbons (Fsp3) is 0.938. The fourth-order valence-electron chi connectivity index (χ4n) is 1.20. The Morgan fingerprint density at radius 2 is 1.34 bits per heavy atom. The smallest absolute Gasteiger partial charge is 0.325 e. The Morgan fingerprint density at radius 1 is 0.969 bits per heavy atom. The number of ether oxygens (including phenoxy) is 2. The van der Waals surface area contributed by atoms with Crippen LogP contribution in [-0.2, 0) is 14.3 Å². The van der Waals surface area contributed by atoms with Crippen molar-refractivity contribution in [1.29, 1.82) is 0 Å². The number of alkyl halides is 4. The molecule has 0 radical (unpaired) electrons. The molecule has 0 bridgehead atoms. The van der Waals surface area contributed by atoms with E-state index in [2.05, 4.69) is 5.32 Å². The molecule has 16 heteroatoms. The molecule has 32 heavy (non-hydrogen) atoms. The van der Waals surface area contributed by atoms with Gasteiger partial charge < -0.3 is 45.2 Å². The van der Waals surface area contributed by atoms with Gasteiger partial charge in [0.2, 0.25) is 6.29 Å². The van der Waals surface area contributed by atoms with Crippen molar-refractivity contribution in [3.05, 3.63) is 0 Å². The van der Waals surface area contributed by atoms with Crippen molar-refractivity contribution in [2.24, 2.45) is 0 Å². The van der Waals surface area contributed by atoms with E-state index in [4.69, 9.17) is 44.2 Å². The number of amides is 1. The Labute approximate surface area is 183 Å². The predicted octanol–water partition coefficient (Wildman–Crippen LogP) is -1.01. The normalized spacial score (nSPS) is 9.72. The highest BCUT2D eigenvalue weighted by Crippen LogP contribution is 2.16. The number of aliphatic hydroxyl groups is 5. The van der Waals surface area contributed by atoms with E-state index in [0.717, 1.165) is 7.11 Å². The molecule has 0 aliphatic heterocycles. The standard InChI is InChI=1S/C8H16FNO3.C4H11NO2.C3H5F3O2.CH4O.F2/c1-12-5-3-10(4-6-13-2)8(11)7-9;6-3-1-5-2-4-7;4-1-3(5,6)2(7)8;2*1-2/h3-7H2,1-2H3;5-7H,1-4H2;2,7-8H,1H2;2H,1H3;. The number of aliphatic hydroxyl groups excluding tert-OH is 4. The van der Waals surface area contributed by atoms with E-state index in [0.29, 0.717) is 39.4 Å². The number of methoxy groups -OCH3 is 2. The minimum absolute atomic E-state index is 0.139. The summed E-state index contributed by atoms with van der Waals surface area (Å²) in [5, 5.41) is 41.4. The Balaban J connectivity index is -0.000000111. The van der Waals surface area contributed by atoms with E-state index in [9.17, 15) is 22.4 Å². The average molecular weight is 498 g/mol. The minimum atomic E-state index is -4.01. The fourth-order valence-corrected chi connectivity index (χ4v) is 1.20. The van der Waals surface area contributed by atoms with Crippen LogP contribution in [-0.4, -0.2) is 136 Å². The molecule has 0 aromatic rings. The summed E-state index contributed by atoms with van der Waals surface area (Å²) in [6.45, 7) is 0.0371. The highest BCUT2D eigenvalue weighted by Gasteiger charge is 2.37. The minimum Gasteiger partial charge on any atom is -0.400 e. The molecule has 1 amide bonds. The van der Waals surface area contributed by atoms with Gasteiger partial charge in [-0.3, -0.25) is 4.79 Å². The van der Waals surface area contributed by atoms with Gasteiger partial charge in [-0.1, -0.05) is 0 Å². The molecule has 0 heterocycles. The number of nitrogens with zero attached hydrogens (tertiary/aromatic N) is 1. The number of carbonyl (C=O) groups excluding carboxylic acids is 1. The highest BCUT2D eigenvalue weighted by molar-refractivity contribution is 5.77. The second kappa shape index (κ2) is 34.3. The Bertz CT molecular complexity index is 340. The van der Waals surface area contributed by atoms with Gasteiger partial charge in [0, 0.05) is 56.7 Å². The van der Waals surface area contributed by atoms with Gasteiger partial charge in [-0.15, -0.1) is 0 Å². The number of hydrogen-bond acceptors (Lipinski definition) is 9. The largest absolute Gasteiger partial charge is 0.400 e. The van der Waals surface area contributed by atoms with Crippen molar-refractivity contribution < 1.29 is 66.5 Å². The molecule has 10 nitrogen and oxygen atoms in total. The third-order valence-corrected chi connectivity index (χ3v) is 2.73. The van der Waals surface area contributed by atoms with Gasteiger partial charge in [0.1, 0.15) is 0 Å². The Hall–Kier alpha value is -1.27. The Morgan fingerprint density at radius 3 is 1.53 bits per heavy atom.